The number of benzene rings is 2. The topological polar surface area (TPSA) is 67.8 Å². The molecular formula is C28H48N2O3. The van der Waals surface area contributed by atoms with Crippen molar-refractivity contribution >= 4 is 12.2 Å². The molecule has 0 radical (unpaired) electrons. The van der Waals surface area contributed by atoms with Crippen LogP contribution in [0.1, 0.15) is 86.8 Å². The Morgan fingerprint density at radius 3 is 1.67 bits per heavy atom. The molecule has 0 aliphatic rings. The molecule has 1 atom stereocenters. The molecule has 0 spiro atoms. The van der Waals surface area contributed by atoms with Crippen LogP contribution in [0.25, 0.3) is 0 Å². The molecule has 0 heterocycles. The maximum absolute atomic E-state index is 11.3. The third kappa shape index (κ3) is 27.1. The third-order valence-corrected chi connectivity index (χ3v) is 3.33. The number of carbonyl (C=O) groups is 1. The summed E-state index contributed by atoms with van der Waals surface area (Å²) in [6, 6.07) is 19.3. The average molecular weight is 461 g/mol. The second-order valence-electron chi connectivity index (χ2n) is 5.36. The van der Waals surface area contributed by atoms with E-state index >= 15 is 0 Å². The fraction of sp³-hybridized carbons (Fsp3) is 0.500. The summed E-state index contributed by atoms with van der Waals surface area (Å²) in [6.07, 6.45) is 1.94. The number of rotatable bonds is 6. The van der Waals surface area contributed by atoms with Crippen LogP contribution in [0.5, 0.6) is 0 Å². The third-order valence-electron chi connectivity index (χ3n) is 3.33. The van der Waals surface area contributed by atoms with Crippen LogP contribution in [0, 0.1) is 0 Å². The molecule has 2 rings (SSSR count). The number of hydrogen-bond acceptors (Lipinski definition) is 4. The Morgan fingerprint density at radius 1 is 0.848 bits per heavy atom. The summed E-state index contributed by atoms with van der Waals surface area (Å²) >= 11 is 0. The molecule has 0 fully saturated rings. The Labute approximate surface area is 203 Å². The van der Waals surface area contributed by atoms with Gasteiger partial charge in [-0.25, -0.2) is 14.6 Å². The highest BCUT2D eigenvalue weighted by Crippen LogP contribution is 2.00. The fourth-order valence-corrected chi connectivity index (χ4v) is 1.78. The molecule has 1 N–H and O–H groups in total. The molecule has 5 heteroatoms. The highest BCUT2D eigenvalue weighted by molar-refractivity contribution is 5.67. The summed E-state index contributed by atoms with van der Waals surface area (Å²) in [7, 11) is 0. The first-order chi connectivity index (χ1) is 16.2. The van der Waals surface area contributed by atoms with Crippen LogP contribution in [0.3, 0.4) is 0 Å². The maximum Gasteiger partial charge on any atom is 0.407 e. The van der Waals surface area contributed by atoms with Crippen molar-refractivity contribution in [2.45, 2.75) is 94.9 Å². The first-order valence-corrected chi connectivity index (χ1v) is 12.2. The van der Waals surface area contributed by atoms with Gasteiger partial charge in [0.1, 0.15) is 6.10 Å². The molecule has 5 nitrogen and oxygen atoms in total. The summed E-state index contributed by atoms with van der Waals surface area (Å²) in [6.45, 7) is 20.8. The van der Waals surface area contributed by atoms with Crippen LogP contribution in [-0.4, -0.2) is 18.3 Å². The Hall–Kier alpha value is -2.91. The largest absolute Gasteiger partial charge is 0.447 e. The van der Waals surface area contributed by atoms with E-state index in [-0.39, 0.29) is 12.2 Å². The summed E-state index contributed by atoms with van der Waals surface area (Å²) in [5, 5.41) is 2.70. The fourth-order valence-electron chi connectivity index (χ4n) is 1.78. The molecule has 0 aliphatic heterocycles. The Bertz CT molecular complexity index is 655. The number of isocyanates is 1. The molecular weight excluding hydrogens is 412 g/mol. The van der Waals surface area contributed by atoms with E-state index in [1.807, 2.05) is 130 Å². The second-order valence-corrected chi connectivity index (χ2v) is 5.36. The summed E-state index contributed by atoms with van der Waals surface area (Å²) < 4.78 is 5.07. The normalized spacial score (nSPS) is 8.67. The lowest BCUT2D eigenvalue weighted by atomic mass is 10.2. The molecule has 188 valence electrons. The molecule has 0 saturated carbocycles. The minimum atomic E-state index is -0.354. The number of nitrogens with one attached hydrogen (secondary N) is 1. The predicted octanol–water partition coefficient (Wildman–Crippen LogP) is 8.34. The summed E-state index contributed by atoms with van der Waals surface area (Å²) in [5.41, 5.74) is 2.10. The van der Waals surface area contributed by atoms with Gasteiger partial charge in [-0.15, -0.1) is 0 Å². The minimum Gasteiger partial charge on any atom is -0.447 e. The van der Waals surface area contributed by atoms with Crippen molar-refractivity contribution in [2.75, 3.05) is 0 Å². The standard InChI is InChI=1S/C12H17NO2.C8H7NO.4C2H6/c1-3-10(2)15-12(14)13-9-11-7-5-4-6-8-11;10-7-9-6-8-4-2-1-3-5-8;4*1-2/h4-8,10H,3,9H2,1-2H3,(H,13,14);1-5H,6H2;4*1-2H3. The van der Waals surface area contributed by atoms with Crippen LogP contribution in [0.4, 0.5) is 4.79 Å². The lowest BCUT2D eigenvalue weighted by Crippen LogP contribution is -2.27. The van der Waals surface area contributed by atoms with Crippen molar-refractivity contribution in [1.29, 1.82) is 0 Å². The van der Waals surface area contributed by atoms with Crippen LogP contribution in [0.15, 0.2) is 65.7 Å². The lowest BCUT2D eigenvalue weighted by Gasteiger charge is -2.11. The zero-order chi connectivity index (χ0) is 26.3. The highest BCUT2D eigenvalue weighted by Gasteiger charge is 2.06. The van der Waals surface area contributed by atoms with Crippen LogP contribution < -0.4 is 5.32 Å². The number of carbonyl (C=O) groups excluding carboxylic acids is 2. The predicted molar refractivity (Wildman–Crippen MR) is 143 cm³/mol. The quantitative estimate of drug-likeness (QED) is 0.348. The van der Waals surface area contributed by atoms with E-state index < -0.39 is 0 Å². The van der Waals surface area contributed by atoms with E-state index in [9.17, 15) is 9.59 Å². The van der Waals surface area contributed by atoms with Crippen molar-refractivity contribution in [3.63, 3.8) is 0 Å². The van der Waals surface area contributed by atoms with Crippen molar-refractivity contribution in [3.05, 3.63) is 71.8 Å². The zero-order valence-corrected chi connectivity index (χ0v) is 22.6. The Balaban J connectivity index is -0.000000203. The SMILES string of the molecule is CC.CC.CC.CC.CCC(C)OC(=O)NCc1ccccc1.O=C=NCc1ccccc1. The van der Waals surface area contributed by atoms with Crippen molar-refractivity contribution in [2.24, 2.45) is 4.99 Å². The highest BCUT2D eigenvalue weighted by atomic mass is 16.6. The van der Waals surface area contributed by atoms with Gasteiger partial charge < -0.3 is 10.1 Å². The molecule has 0 aromatic heterocycles. The second kappa shape index (κ2) is 33.7. The monoisotopic (exact) mass is 460 g/mol. The van der Waals surface area contributed by atoms with E-state index in [1.54, 1.807) is 0 Å². The van der Waals surface area contributed by atoms with Gasteiger partial charge in [-0.3, -0.25) is 0 Å². The number of hydrogen-bond donors (Lipinski definition) is 1. The molecule has 0 bridgehead atoms. The van der Waals surface area contributed by atoms with Gasteiger partial charge in [-0.1, -0.05) is 123 Å². The van der Waals surface area contributed by atoms with E-state index in [1.165, 1.54) is 6.08 Å². The first kappa shape index (κ1) is 37.4. The van der Waals surface area contributed by atoms with Gasteiger partial charge in [-0.2, -0.15) is 0 Å². The number of ether oxygens (including phenoxy) is 1. The molecule has 2 aromatic carbocycles. The van der Waals surface area contributed by atoms with E-state index in [0.717, 1.165) is 17.5 Å². The minimum absolute atomic E-state index is 0.0271. The van der Waals surface area contributed by atoms with Crippen molar-refractivity contribution in [1.82, 2.24) is 5.32 Å². The van der Waals surface area contributed by atoms with Gasteiger partial charge in [0.15, 0.2) is 0 Å². The van der Waals surface area contributed by atoms with Crippen molar-refractivity contribution in [3.8, 4) is 0 Å². The van der Waals surface area contributed by atoms with Gasteiger partial charge in [0.25, 0.3) is 0 Å². The van der Waals surface area contributed by atoms with E-state index in [2.05, 4.69) is 10.3 Å². The number of aliphatic imine (C=N–C) groups is 1. The smallest absolute Gasteiger partial charge is 0.407 e. The van der Waals surface area contributed by atoms with Gasteiger partial charge in [-0.05, 0) is 24.5 Å². The molecule has 1 amide bonds. The molecule has 1 unspecified atom stereocenters. The van der Waals surface area contributed by atoms with Crippen LogP contribution in [0.2, 0.25) is 0 Å². The van der Waals surface area contributed by atoms with Crippen LogP contribution in [-0.2, 0) is 22.6 Å². The van der Waals surface area contributed by atoms with Gasteiger partial charge in [0.2, 0.25) is 6.08 Å². The summed E-state index contributed by atoms with van der Waals surface area (Å²) in [5.74, 6) is 0. The molecule has 33 heavy (non-hydrogen) atoms. The average Bonchev–Trinajstić information content (AvgIpc) is 2.92. The van der Waals surface area contributed by atoms with Crippen molar-refractivity contribution < 1.29 is 14.3 Å². The molecule has 2 aromatic rings. The number of alkyl carbamates (subject to hydrolysis) is 1. The van der Waals surface area contributed by atoms with E-state index in [0.29, 0.717) is 13.1 Å². The number of amides is 1. The molecule has 0 aliphatic carbocycles. The van der Waals surface area contributed by atoms with Gasteiger partial charge in [0.05, 0.1) is 6.54 Å². The van der Waals surface area contributed by atoms with Gasteiger partial charge >= 0.3 is 6.09 Å². The Morgan fingerprint density at radius 2 is 1.27 bits per heavy atom. The Kier molecular flexibility index (Phi) is 38.2. The van der Waals surface area contributed by atoms with Gasteiger partial charge in [0, 0.05) is 6.54 Å². The molecule has 0 saturated heterocycles. The van der Waals surface area contributed by atoms with E-state index in [4.69, 9.17) is 4.74 Å². The lowest BCUT2D eigenvalue weighted by molar-refractivity contribution is 0.104. The zero-order valence-electron chi connectivity index (χ0n) is 22.6. The number of nitrogens with zero attached hydrogens (tertiary/aromatic N) is 1. The van der Waals surface area contributed by atoms with Crippen LogP contribution >= 0.6 is 0 Å². The summed E-state index contributed by atoms with van der Waals surface area (Å²) in [4.78, 5) is 24.4. The first-order valence-electron chi connectivity index (χ1n) is 12.2. The maximum atomic E-state index is 11.3.